The minimum Gasteiger partial charge on any atom is -0.318 e. The quantitative estimate of drug-likeness (QED) is 0.666. The summed E-state index contributed by atoms with van der Waals surface area (Å²) >= 11 is 5.79. The van der Waals surface area contributed by atoms with Crippen molar-refractivity contribution in [1.29, 1.82) is 0 Å². The molecule has 5 rings (SSSR count). The monoisotopic (exact) mass is 342 g/mol. The maximum Gasteiger partial charge on any atom is 0.286 e. The summed E-state index contributed by atoms with van der Waals surface area (Å²) in [6, 6.07) is 0. The van der Waals surface area contributed by atoms with Crippen molar-refractivity contribution in [2.75, 3.05) is 0 Å². The van der Waals surface area contributed by atoms with Crippen LogP contribution >= 0.6 is 11.6 Å². The van der Waals surface area contributed by atoms with E-state index < -0.39 is 0 Å². The van der Waals surface area contributed by atoms with Crippen LogP contribution in [0.1, 0.15) is 31.0 Å². The Kier molecular flexibility index (Phi) is 2.85. The van der Waals surface area contributed by atoms with Gasteiger partial charge >= 0.3 is 0 Å². The summed E-state index contributed by atoms with van der Waals surface area (Å²) in [5.74, 6) is 2.67. The number of nitrogens with zero attached hydrogens (tertiary/aromatic N) is 6. The van der Waals surface area contributed by atoms with Crippen molar-refractivity contribution in [3.63, 3.8) is 0 Å². The van der Waals surface area contributed by atoms with E-state index in [1.807, 2.05) is 7.05 Å². The van der Waals surface area contributed by atoms with Crippen LogP contribution in [0.3, 0.4) is 0 Å². The first-order valence-electron chi connectivity index (χ1n) is 8.03. The lowest BCUT2D eigenvalue weighted by molar-refractivity contribution is 0.570. The number of imidazole rings is 1. The van der Waals surface area contributed by atoms with Crippen LogP contribution in [-0.2, 0) is 7.05 Å². The highest BCUT2D eigenvalue weighted by molar-refractivity contribution is 6.28. The van der Waals surface area contributed by atoms with Gasteiger partial charge in [0.05, 0.1) is 24.4 Å². The highest BCUT2D eigenvalue weighted by atomic mass is 35.5. The van der Waals surface area contributed by atoms with Crippen LogP contribution in [0, 0.1) is 11.8 Å². The third kappa shape index (κ3) is 2.00. The highest BCUT2D eigenvalue weighted by Crippen LogP contribution is 2.57. The molecule has 122 valence electrons. The first kappa shape index (κ1) is 14.1. The van der Waals surface area contributed by atoms with Gasteiger partial charge in [0.25, 0.3) is 5.56 Å². The molecule has 0 spiro atoms. The molecule has 2 aliphatic carbocycles. The first-order valence-corrected chi connectivity index (χ1v) is 8.41. The Hall–Kier alpha value is -2.28. The summed E-state index contributed by atoms with van der Waals surface area (Å²) in [4.78, 5) is 30.1. The molecule has 2 saturated carbocycles. The van der Waals surface area contributed by atoms with E-state index in [4.69, 9.17) is 16.6 Å². The van der Waals surface area contributed by atoms with Crippen LogP contribution in [-0.4, -0.2) is 29.1 Å². The normalized spacial score (nSPS) is 25.2. The second-order valence-electron chi connectivity index (χ2n) is 6.77. The van der Waals surface area contributed by atoms with Gasteiger partial charge in [-0.15, -0.1) is 0 Å². The largest absolute Gasteiger partial charge is 0.318 e. The fourth-order valence-corrected chi connectivity index (χ4v) is 4.04. The van der Waals surface area contributed by atoms with E-state index in [0.29, 0.717) is 16.9 Å². The number of rotatable bonds is 2. The van der Waals surface area contributed by atoms with Gasteiger partial charge in [0.2, 0.25) is 5.28 Å². The number of aromatic nitrogens is 6. The summed E-state index contributed by atoms with van der Waals surface area (Å²) in [5.41, 5.74) is 1.39. The second kappa shape index (κ2) is 4.86. The van der Waals surface area contributed by atoms with E-state index in [0.717, 1.165) is 30.5 Å². The Morgan fingerprint density at radius 1 is 1.12 bits per heavy atom. The average molecular weight is 343 g/mol. The number of hydrogen-bond acceptors (Lipinski definition) is 5. The first-order chi connectivity index (χ1) is 11.6. The van der Waals surface area contributed by atoms with E-state index in [1.54, 1.807) is 27.9 Å². The van der Waals surface area contributed by atoms with E-state index >= 15 is 0 Å². The lowest BCUT2D eigenvalue weighted by Crippen LogP contribution is -2.26. The Morgan fingerprint density at radius 2 is 1.83 bits per heavy atom. The molecule has 0 N–H and O–H groups in total. The molecule has 0 amide bonds. The molecule has 7 nitrogen and oxygen atoms in total. The van der Waals surface area contributed by atoms with E-state index in [2.05, 4.69) is 15.0 Å². The molecule has 3 heterocycles. The van der Waals surface area contributed by atoms with E-state index in [1.165, 1.54) is 6.42 Å². The van der Waals surface area contributed by atoms with Gasteiger partial charge < -0.3 is 4.57 Å². The molecule has 1 unspecified atom stereocenters. The Bertz CT molecular complexity index is 998. The van der Waals surface area contributed by atoms with Gasteiger partial charge in [-0.05, 0) is 42.7 Å². The molecule has 24 heavy (non-hydrogen) atoms. The lowest BCUT2D eigenvalue weighted by atomic mass is 10.0. The zero-order valence-corrected chi connectivity index (χ0v) is 13.8. The predicted molar refractivity (Wildman–Crippen MR) is 88.3 cm³/mol. The van der Waals surface area contributed by atoms with Crippen LogP contribution in [0.5, 0.6) is 0 Å². The Labute approximate surface area is 142 Å². The molecule has 3 aromatic rings. The summed E-state index contributed by atoms with van der Waals surface area (Å²) in [7, 11) is 1.85. The van der Waals surface area contributed by atoms with Crippen molar-refractivity contribution < 1.29 is 0 Å². The highest BCUT2D eigenvalue weighted by Gasteiger charge is 2.47. The van der Waals surface area contributed by atoms with Crippen molar-refractivity contribution in [2.24, 2.45) is 18.9 Å². The number of hydrogen-bond donors (Lipinski definition) is 0. The smallest absolute Gasteiger partial charge is 0.286 e. The molecule has 2 aliphatic rings. The van der Waals surface area contributed by atoms with Crippen molar-refractivity contribution in [3.05, 3.63) is 40.2 Å². The molecule has 0 aliphatic heterocycles. The van der Waals surface area contributed by atoms with Crippen LogP contribution in [0.25, 0.3) is 16.9 Å². The zero-order chi connectivity index (χ0) is 16.4. The van der Waals surface area contributed by atoms with Crippen LogP contribution < -0.4 is 5.56 Å². The molecular formula is C16H15ClN6O. The number of fused-ring (bicyclic) bond motifs is 2. The summed E-state index contributed by atoms with van der Waals surface area (Å²) in [5, 5.41) is 0.155. The molecule has 3 aromatic heterocycles. The van der Waals surface area contributed by atoms with Crippen molar-refractivity contribution in [2.45, 2.75) is 25.2 Å². The predicted octanol–water partition coefficient (Wildman–Crippen LogP) is 2.08. The Morgan fingerprint density at radius 3 is 2.54 bits per heavy atom. The van der Waals surface area contributed by atoms with E-state index in [-0.39, 0.29) is 16.8 Å². The zero-order valence-electron chi connectivity index (χ0n) is 13.1. The maximum absolute atomic E-state index is 13.1. The molecular weight excluding hydrogens is 328 g/mol. The van der Waals surface area contributed by atoms with Gasteiger partial charge in [-0.25, -0.2) is 19.9 Å². The van der Waals surface area contributed by atoms with Crippen molar-refractivity contribution in [1.82, 2.24) is 29.1 Å². The van der Waals surface area contributed by atoms with Gasteiger partial charge in [-0.3, -0.25) is 9.36 Å². The van der Waals surface area contributed by atoms with Gasteiger partial charge in [0, 0.05) is 13.0 Å². The van der Waals surface area contributed by atoms with Crippen molar-refractivity contribution >= 4 is 22.8 Å². The molecule has 0 saturated heterocycles. The van der Waals surface area contributed by atoms with Gasteiger partial charge in [-0.1, -0.05) is 0 Å². The summed E-state index contributed by atoms with van der Waals surface area (Å²) in [6.45, 7) is 0. The molecule has 0 aromatic carbocycles. The summed E-state index contributed by atoms with van der Waals surface area (Å²) in [6.07, 6.45) is 8.25. The second-order valence-corrected chi connectivity index (χ2v) is 7.11. The molecule has 3 atom stereocenters. The Balaban J connectivity index is 1.77. The summed E-state index contributed by atoms with van der Waals surface area (Å²) < 4.78 is 3.40. The third-order valence-corrected chi connectivity index (χ3v) is 5.43. The van der Waals surface area contributed by atoms with Crippen LogP contribution in [0.2, 0.25) is 5.28 Å². The molecule has 8 heteroatoms. The molecule has 0 bridgehead atoms. The van der Waals surface area contributed by atoms with Gasteiger partial charge in [-0.2, -0.15) is 0 Å². The van der Waals surface area contributed by atoms with Crippen molar-refractivity contribution in [3.8, 4) is 5.69 Å². The fraction of sp³-hybridized carbons (Fsp3) is 0.438. The average Bonchev–Trinajstić information content (AvgIpc) is 3.00. The standard InChI is InChI=1S/C16H15ClN6O/c1-22-7-20-12-14(22)21-13(10-3-8-2-9(8)4-10)23(15(12)24)11-5-18-16(17)19-6-11/h5-10H,2-4H2,1H3/t8-,9+,10?. The topological polar surface area (TPSA) is 78.5 Å². The van der Waals surface area contributed by atoms with Crippen LogP contribution in [0.15, 0.2) is 23.5 Å². The van der Waals surface area contributed by atoms with E-state index in [9.17, 15) is 4.79 Å². The maximum atomic E-state index is 13.1. The molecule has 2 fully saturated rings. The van der Waals surface area contributed by atoms with Gasteiger partial charge in [0.1, 0.15) is 5.82 Å². The number of aryl methyl sites for hydroxylation is 1. The lowest BCUT2D eigenvalue weighted by Gasteiger charge is -2.17. The fourth-order valence-electron chi connectivity index (χ4n) is 3.94. The van der Waals surface area contributed by atoms with Crippen LogP contribution in [0.4, 0.5) is 0 Å². The number of halogens is 1. The minimum absolute atomic E-state index is 0.155. The van der Waals surface area contributed by atoms with Gasteiger partial charge in [0.15, 0.2) is 11.2 Å². The molecule has 0 radical (unpaired) electrons. The minimum atomic E-state index is -0.179. The SMILES string of the molecule is Cn1cnc2c(=O)n(-c3cnc(Cl)nc3)c(C3C[C@@H]4C[C@@H]4C3)nc21. The third-order valence-electron chi connectivity index (χ3n) is 5.23.